The van der Waals surface area contributed by atoms with Crippen molar-refractivity contribution < 1.29 is 0 Å². The third-order valence-corrected chi connectivity index (χ3v) is 13.1. The van der Waals surface area contributed by atoms with Crippen LogP contribution in [0, 0.1) is 11.8 Å². The Bertz CT molecular complexity index is 1890. The fourth-order valence-corrected chi connectivity index (χ4v) is 9.87. The highest BCUT2D eigenvalue weighted by atomic mass is 15.1. The number of nitrogens with zero attached hydrogens (tertiary/aromatic N) is 1. The first-order valence-corrected chi connectivity index (χ1v) is 26.6. The van der Waals surface area contributed by atoms with Crippen LogP contribution in [0.5, 0.6) is 0 Å². The Morgan fingerprint density at radius 2 is 0.797 bits per heavy atom. The normalized spacial score (nSPS) is 13.1. The average Bonchev–Trinajstić information content (AvgIpc) is 3.41. The molecule has 0 aliphatic heterocycles. The van der Waals surface area contributed by atoms with E-state index in [1.54, 1.807) is 25.7 Å². The van der Waals surface area contributed by atoms with Gasteiger partial charge in [0.2, 0.25) is 13.4 Å². The van der Waals surface area contributed by atoms with Gasteiger partial charge in [-0.15, -0.1) is 0 Å². The van der Waals surface area contributed by atoms with Gasteiger partial charge in [-0.2, -0.15) is 0 Å². The van der Waals surface area contributed by atoms with Crippen LogP contribution in [0.2, 0.25) is 13.6 Å². The minimum atomic E-state index is 0.251. The predicted octanol–water partition coefficient (Wildman–Crippen LogP) is 16.6. The maximum atomic E-state index is 2.55. The number of anilines is 2. The Morgan fingerprint density at radius 3 is 1.25 bits per heavy atom. The fourth-order valence-electron chi connectivity index (χ4n) is 9.87. The summed E-state index contributed by atoms with van der Waals surface area (Å²) in [5.41, 5.74) is 15.0. The number of benzene rings is 5. The van der Waals surface area contributed by atoms with Crippen LogP contribution in [0.3, 0.4) is 0 Å². The van der Waals surface area contributed by atoms with Crippen LogP contribution in [0.25, 0.3) is 11.1 Å². The first-order chi connectivity index (χ1) is 31.4. The van der Waals surface area contributed by atoms with Crippen molar-refractivity contribution >= 4 is 46.7 Å². The summed E-state index contributed by atoms with van der Waals surface area (Å²) < 4.78 is 0. The van der Waals surface area contributed by atoms with Crippen molar-refractivity contribution in [1.82, 2.24) is 0 Å². The van der Waals surface area contributed by atoms with Crippen LogP contribution in [-0.4, -0.2) is 20.5 Å². The Kier molecular flexibility index (Phi) is 31.2. The highest BCUT2D eigenvalue weighted by Gasteiger charge is 2.28. The van der Waals surface area contributed by atoms with Gasteiger partial charge in [-0.05, 0) is 48.8 Å². The maximum Gasteiger partial charge on any atom is 0.209 e. The van der Waals surface area contributed by atoms with Crippen LogP contribution in [0.1, 0.15) is 171 Å². The van der Waals surface area contributed by atoms with Crippen molar-refractivity contribution in [2.24, 2.45) is 11.8 Å². The van der Waals surface area contributed by atoms with E-state index in [0.717, 1.165) is 31.1 Å². The van der Waals surface area contributed by atoms with E-state index in [1.165, 1.54) is 99.6 Å². The first-order valence-electron chi connectivity index (χ1n) is 26.6. The van der Waals surface area contributed by atoms with Crippen molar-refractivity contribution in [3.05, 3.63) is 132 Å². The number of hydrogen-bond acceptors (Lipinski definition) is 1. The second-order valence-corrected chi connectivity index (χ2v) is 16.2. The molecule has 0 atom stereocenters. The van der Waals surface area contributed by atoms with Gasteiger partial charge in [0.1, 0.15) is 0 Å². The quantitative estimate of drug-likeness (QED) is 0.120. The summed E-state index contributed by atoms with van der Waals surface area (Å²) in [5.74, 6) is 2.28. The second kappa shape index (κ2) is 34.4. The molecule has 3 heteroatoms. The van der Waals surface area contributed by atoms with Crippen molar-refractivity contribution in [2.75, 3.05) is 11.9 Å². The third kappa shape index (κ3) is 16.5. The van der Waals surface area contributed by atoms with Crippen LogP contribution < -0.4 is 26.8 Å². The standard InChI is InChI=1S/C39H43B2N.C12H22.5C2H6/c1-7-29-19-13-16-24-34(29)40(4)36-28-37(41(5)35-25-17-14-20-30(35)8-2)39(27-31(36)9-3)42(6)38-26-18-15-23-33(38)32-21-11-10-12-22-32;1-3-7-11(8-4-1)12-9-5-2-6-10-12;5*1-2/h10-28H,7-9H2,1-6H3;11-12H,1-10H2;5*1-2H3. The third-order valence-electron chi connectivity index (χ3n) is 13.1. The molecular formula is C61H95B2N. The molecule has 0 radical (unpaired) electrons. The highest BCUT2D eigenvalue weighted by molar-refractivity contribution is 6.88. The lowest BCUT2D eigenvalue weighted by atomic mass is 9.37. The maximum absolute atomic E-state index is 2.55. The zero-order chi connectivity index (χ0) is 47.9. The summed E-state index contributed by atoms with van der Waals surface area (Å²) in [7, 11) is 2.24. The number of aryl methyl sites for hydroxylation is 3. The van der Waals surface area contributed by atoms with Gasteiger partial charge < -0.3 is 4.90 Å². The molecular weight excluding hydrogens is 768 g/mol. The molecule has 0 saturated heterocycles. The lowest BCUT2D eigenvalue weighted by Crippen LogP contribution is -2.49. The second-order valence-electron chi connectivity index (χ2n) is 16.2. The molecule has 2 saturated carbocycles. The topological polar surface area (TPSA) is 3.24 Å². The van der Waals surface area contributed by atoms with E-state index in [0.29, 0.717) is 6.71 Å². The van der Waals surface area contributed by atoms with E-state index in [9.17, 15) is 0 Å². The molecule has 0 N–H and O–H groups in total. The Balaban J connectivity index is 0.000000775. The molecule has 0 spiro atoms. The Morgan fingerprint density at radius 1 is 0.406 bits per heavy atom. The fraction of sp³-hybridized carbons (Fsp3) is 0.508. The van der Waals surface area contributed by atoms with E-state index in [2.05, 4.69) is 162 Å². The number of para-hydroxylation sites is 1. The average molecular weight is 864 g/mol. The summed E-state index contributed by atoms with van der Waals surface area (Å²) in [5, 5.41) is 0. The van der Waals surface area contributed by atoms with Gasteiger partial charge in [-0.1, -0.05) is 310 Å². The van der Waals surface area contributed by atoms with Gasteiger partial charge in [-0.25, -0.2) is 0 Å². The first kappa shape index (κ1) is 58.0. The molecule has 0 bridgehead atoms. The molecule has 1 nitrogen and oxygen atoms in total. The molecule has 0 heterocycles. The van der Waals surface area contributed by atoms with Crippen LogP contribution >= 0.6 is 0 Å². The van der Waals surface area contributed by atoms with Crippen molar-refractivity contribution in [3.8, 4) is 11.1 Å². The molecule has 350 valence electrons. The van der Waals surface area contributed by atoms with Gasteiger partial charge in [0.15, 0.2) is 0 Å². The van der Waals surface area contributed by atoms with Gasteiger partial charge in [0.05, 0.1) is 0 Å². The molecule has 2 aliphatic carbocycles. The van der Waals surface area contributed by atoms with Crippen molar-refractivity contribution in [2.45, 2.75) is 187 Å². The smallest absolute Gasteiger partial charge is 0.209 e. The predicted molar refractivity (Wildman–Crippen MR) is 299 cm³/mol. The van der Waals surface area contributed by atoms with Gasteiger partial charge in [-0.3, -0.25) is 0 Å². The molecule has 64 heavy (non-hydrogen) atoms. The summed E-state index contributed by atoms with van der Waals surface area (Å²) in [6, 6.07) is 42.6. The summed E-state index contributed by atoms with van der Waals surface area (Å²) in [4.78, 5) is 2.43. The van der Waals surface area contributed by atoms with Crippen LogP contribution in [0.15, 0.2) is 115 Å². The highest BCUT2D eigenvalue weighted by Crippen LogP contribution is 2.38. The van der Waals surface area contributed by atoms with Crippen molar-refractivity contribution in [3.63, 3.8) is 0 Å². The molecule has 0 amide bonds. The van der Waals surface area contributed by atoms with Gasteiger partial charge in [0.25, 0.3) is 0 Å². The van der Waals surface area contributed by atoms with Gasteiger partial charge in [0, 0.05) is 24.0 Å². The Labute approximate surface area is 398 Å². The van der Waals surface area contributed by atoms with Crippen LogP contribution in [0.4, 0.5) is 11.4 Å². The summed E-state index contributed by atoms with van der Waals surface area (Å²) in [6.07, 6.45) is 18.5. The molecule has 0 unspecified atom stereocenters. The van der Waals surface area contributed by atoms with E-state index < -0.39 is 0 Å². The lowest BCUT2D eigenvalue weighted by molar-refractivity contribution is 0.196. The summed E-state index contributed by atoms with van der Waals surface area (Å²) >= 11 is 0. The summed E-state index contributed by atoms with van der Waals surface area (Å²) in [6.45, 7) is 32.2. The van der Waals surface area contributed by atoms with E-state index >= 15 is 0 Å². The molecule has 0 aromatic heterocycles. The van der Waals surface area contributed by atoms with Crippen LogP contribution in [-0.2, 0) is 19.3 Å². The van der Waals surface area contributed by atoms with Gasteiger partial charge >= 0.3 is 0 Å². The largest absolute Gasteiger partial charge is 0.345 e. The zero-order valence-electron chi connectivity index (χ0n) is 44.4. The molecule has 5 aromatic carbocycles. The minimum Gasteiger partial charge on any atom is -0.345 e. The Hall–Kier alpha value is -3.97. The van der Waals surface area contributed by atoms with Crippen molar-refractivity contribution in [1.29, 1.82) is 0 Å². The molecule has 7 rings (SSSR count). The molecule has 5 aromatic rings. The van der Waals surface area contributed by atoms with E-state index in [-0.39, 0.29) is 6.71 Å². The molecule has 2 aliphatic rings. The molecule has 2 fully saturated rings. The monoisotopic (exact) mass is 864 g/mol. The lowest BCUT2D eigenvalue weighted by Gasteiger charge is -2.32. The zero-order valence-corrected chi connectivity index (χ0v) is 44.4. The SMILES string of the molecule is C1CCC(C2CCCCC2)CC1.CC.CC.CC.CC.CC.CCc1ccccc1B(C)c1cc(B(C)c2ccccc2CC)c(N(C)c2ccccc2-c2ccccc2)cc1CC. The minimum absolute atomic E-state index is 0.251. The number of rotatable bonds is 11. The number of hydrogen-bond donors (Lipinski definition) is 0. The van der Waals surface area contributed by atoms with E-state index in [1.807, 2.05) is 69.2 Å². The van der Waals surface area contributed by atoms with E-state index in [4.69, 9.17) is 0 Å².